The van der Waals surface area contributed by atoms with Gasteiger partial charge in [0.25, 0.3) is 11.8 Å². The molecule has 1 fully saturated rings. The van der Waals surface area contributed by atoms with E-state index in [4.69, 9.17) is 11.6 Å². The van der Waals surface area contributed by atoms with E-state index in [2.05, 4.69) is 15.8 Å². The molecule has 3 atom stereocenters. The smallest absolute Gasteiger partial charge is 0.271 e. The highest BCUT2D eigenvalue weighted by molar-refractivity contribution is 7.81. The molecule has 2 aromatic carbocycles. The molecule has 1 heterocycles. The molecule has 0 aromatic heterocycles. The molecule has 0 spiro atoms. The summed E-state index contributed by atoms with van der Waals surface area (Å²) >= 11 is 3.30. The van der Waals surface area contributed by atoms with Crippen LogP contribution in [-0.4, -0.2) is 65.1 Å². The molecular formula is C23H24ClN4O7S-. The molecule has 1 aliphatic rings. The third-order valence-electron chi connectivity index (χ3n) is 5.70. The van der Waals surface area contributed by atoms with Gasteiger partial charge in [0.1, 0.15) is 0 Å². The van der Waals surface area contributed by atoms with Crippen molar-refractivity contribution in [1.82, 2.24) is 15.6 Å². The number of likely N-dealkylation sites (tertiary alicyclic amines) is 1. The van der Waals surface area contributed by atoms with E-state index in [-0.39, 0.29) is 41.2 Å². The molecule has 3 rings (SSSR count). The largest absolute Gasteiger partial charge is 0.772 e. The highest BCUT2D eigenvalue weighted by atomic mass is 35.5. The highest BCUT2D eigenvalue weighted by Gasteiger charge is 2.38. The van der Waals surface area contributed by atoms with Crippen LogP contribution < -0.4 is 10.7 Å². The van der Waals surface area contributed by atoms with Gasteiger partial charge in [0, 0.05) is 37.3 Å². The molecule has 192 valence electrons. The van der Waals surface area contributed by atoms with Crippen LogP contribution in [0.4, 0.5) is 0 Å². The summed E-state index contributed by atoms with van der Waals surface area (Å²) in [7, 11) is 0. The van der Waals surface area contributed by atoms with E-state index >= 15 is 0 Å². The number of nitrogens with one attached hydrogen (secondary N) is 2. The van der Waals surface area contributed by atoms with Gasteiger partial charge in [-0.2, -0.15) is 5.10 Å². The van der Waals surface area contributed by atoms with Crippen LogP contribution in [0, 0.1) is 0 Å². The third-order valence-corrected chi connectivity index (χ3v) is 7.08. The Balaban J connectivity index is 1.56. The monoisotopic (exact) mass is 535 g/mol. The molecule has 3 amide bonds. The van der Waals surface area contributed by atoms with Crippen molar-refractivity contribution in [2.75, 3.05) is 6.54 Å². The average Bonchev–Trinajstić information content (AvgIpc) is 2.85. The van der Waals surface area contributed by atoms with E-state index < -0.39 is 39.1 Å². The number of phenolic OH excluding ortho intramolecular Hbond substituents is 2. The normalized spacial score (nSPS) is 17.8. The van der Waals surface area contributed by atoms with Gasteiger partial charge in [0.15, 0.2) is 11.5 Å². The zero-order valence-corrected chi connectivity index (χ0v) is 20.9. The van der Waals surface area contributed by atoms with Crippen LogP contribution in [0.1, 0.15) is 46.5 Å². The maximum Gasteiger partial charge on any atom is 0.271 e. The average molecular weight is 536 g/mol. The van der Waals surface area contributed by atoms with Crippen LogP contribution in [0.15, 0.2) is 41.5 Å². The lowest BCUT2D eigenvalue weighted by Gasteiger charge is -2.43. The number of hydrogen-bond donors (Lipinski definition) is 4. The first-order valence-electron chi connectivity index (χ1n) is 10.7. The van der Waals surface area contributed by atoms with Crippen LogP contribution >= 0.6 is 11.6 Å². The van der Waals surface area contributed by atoms with Crippen molar-refractivity contribution < 1.29 is 33.4 Å². The molecule has 0 saturated carbocycles. The maximum absolute atomic E-state index is 12.4. The van der Waals surface area contributed by atoms with Crippen LogP contribution in [0.25, 0.3) is 0 Å². The van der Waals surface area contributed by atoms with Gasteiger partial charge in [0.05, 0.1) is 15.3 Å². The number of benzene rings is 2. The molecule has 1 aliphatic heterocycles. The second kappa shape index (κ2) is 11.1. The summed E-state index contributed by atoms with van der Waals surface area (Å²) in [6.07, 6.45) is 1.45. The molecule has 36 heavy (non-hydrogen) atoms. The van der Waals surface area contributed by atoms with Gasteiger partial charge in [-0.25, -0.2) is 5.43 Å². The molecular weight excluding hydrogens is 512 g/mol. The number of nitrogens with zero attached hydrogens (tertiary/aromatic N) is 2. The van der Waals surface area contributed by atoms with E-state index in [0.717, 1.165) is 12.3 Å². The summed E-state index contributed by atoms with van der Waals surface area (Å²) in [6, 6.07) is 8.56. The summed E-state index contributed by atoms with van der Waals surface area (Å²) in [5.41, 5.74) is 3.16. The van der Waals surface area contributed by atoms with Crippen LogP contribution in [0.5, 0.6) is 11.5 Å². The summed E-state index contributed by atoms with van der Waals surface area (Å²) in [5.74, 6) is -2.33. The van der Waals surface area contributed by atoms with Gasteiger partial charge >= 0.3 is 0 Å². The SMILES string of the molecule is C[C@@H]1CC(=O)N1C[C@](C)(/C=N/NC(=O)c1ccc(CNC(=O)c2ccc(O)c(O)c2Cl)cc1)S(=O)[O-]. The maximum atomic E-state index is 12.4. The van der Waals surface area contributed by atoms with Crippen molar-refractivity contribution >= 4 is 46.6 Å². The second-order valence-electron chi connectivity index (χ2n) is 8.50. The van der Waals surface area contributed by atoms with Crippen molar-refractivity contribution in [3.63, 3.8) is 0 Å². The number of amides is 3. The molecule has 11 nitrogen and oxygen atoms in total. The minimum absolute atomic E-state index is 0.0141. The first-order valence-corrected chi connectivity index (χ1v) is 12.2. The van der Waals surface area contributed by atoms with E-state index in [1.807, 2.05) is 6.92 Å². The van der Waals surface area contributed by atoms with Crippen molar-refractivity contribution in [2.45, 2.75) is 37.6 Å². The Bertz CT molecular complexity index is 1240. The number of carbonyl (C=O) groups is 3. The number of hydrazone groups is 1. The van der Waals surface area contributed by atoms with E-state index in [9.17, 15) is 33.4 Å². The number of β-lactam (4-membered cyclic amide) rings is 1. The van der Waals surface area contributed by atoms with Gasteiger partial charge in [-0.1, -0.05) is 23.7 Å². The number of hydrogen-bond acceptors (Lipinski definition) is 8. The molecule has 13 heteroatoms. The number of halogens is 1. The topological polar surface area (TPSA) is 171 Å². The van der Waals surface area contributed by atoms with Crippen molar-refractivity contribution in [2.24, 2.45) is 5.10 Å². The number of aromatic hydroxyl groups is 2. The Kier molecular flexibility index (Phi) is 8.33. The Labute approximate surface area is 214 Å². The Morgan fingerprint density at radius 1 is 1.25 bits per heavy atom. The first-order chi connectivity index (χ1) is 16.9. The van der Waals surface area contributed by atoms with Gasteiger partial charge < -0.3 is 25.0 Å². The molecule has 2 aromatic rings. The predicted molar refractivity (Wildman–Crippen MR) is 131 cm³/mol. The molecule has 1 unspecified atom stereocenters. The van der Waals surface area contributed by atoms with Crippen LogP contribution in [0.2, 0.25) is 5.02 Å². The standard InChI is InChI=1S/C23H25ClN4O7S/c1-13-9-18(30)28(13)12-23(2,36(34)35)11-26-27-21(32)15-5-3-14(4-6-15)10-25-22(33)16-7-8-17(29)20(31)19(16)24/h3-8,11,13,29,31H,9-10,12H2,1-2H3,(H,25,33)(H,27,32)(H,34,35)/p-1/b26-11+/t13-,23+/m1/s1. The number of carbonyl (C=O) groups excluding carboxylic acids is 3. The summed E-state index contributed by atoms with van der Waals surface area (Å²) < 4.78 is 22.0. The lowest BCUT2D eigenvalue weighted by atomic mass is 10.0. The highest BCUT2D eigenvalue weighted by Crippen LogP contribution is 2.35. The van der Waals surface area contributed by atoms with Gasteiger partial charge in [-0.3, -0.25) is 18.6 Å². The Morgan fingerprint density at radius 3 is 2.50 bits per heavy atom. The fourth-order valence-corrected chi connectivity index (χ4v) is 4.03. The van der Waals surface area contributed by atoms with E-state index in [0.29, 0.717) is 12.0 Å². The Hall–Kier alpha value is -3.48. The van der Waals surface area contributed by atoms with Crippen molar-refractivity contribution in [3.8, 4) is 11.5 Å². The molecule has 1 saturated heterocycles. The summed E-state index contributed by atoms with van der Waals surface area (Å²) in [5, 5.41) is 25.2. The lowest BCUT2D eigenvalue weighted by molar-refractivity contribution is -0.145. The molecule has 4 N–H and O–H groups in total. The van der Waals surface area contributed by atoms with E-state index in [1.54, 1.807) is 12.1 Å². The van der Waals surface area contributed by atoms with Crippen LogP contribution in [-0.2, 0) is 22.4 Å². The molecule has 0 aliphatic carbocycles. The van der Waals surface area contributed by atoms with Gasteiger partial charge in [0.2, 0.25) is 5.91 Å². The second-order valence-corrected chi connectivity index (χ2v) is 10.3. The van der Waals surface area contributed by atoms with Crippen molar-refractivity contribution in [3.05, 3.63) is 58.1 Å². The minimum Gasteiger partial charge on any atom is -0.772 e. The zero-order chi connectivity index (χ0) is 26.6. The fraction of sp³-hybridized carbons (Fsp3) is 0.304. The number of rotatable bonds is 9. The lowest BCUT2D eigenvalue weighted by Crippen LogP contribution is -2.58. The van der Waals surface area contributed by atoms with Crippen molar-refractivity contribution in [1.29, 1.82) is 0 Å². The third kappa shape index (κ3) is 6.01. The summed E-state index contributed by atoms with van der Waals surface area (Å²) in [6.45, 7) is 3.24. The fourth-order valence-electron chi connectivity index (χ4n) is 3.41. The summed E-state index contributed by atoms with van der Waals surface area (Å²) in [4.78, 5) is 37.8. The minimum atomic E-state index is -2.59. The van der Waals surface area contributed by atoms with Crippen LogP contribution in [0.3, 0.4) is 0 Å². The number of phenols is 2. The van der Waals surface area contributed by atoms with E-state index in [1.165, 1.54) is 30.0 Å². The first kappa shape index (κ1) is 27.1. The van der Waals surface area contributed by atoms with Gasteiger partial charge in [-0.15, -0.1) is 0 Å². The molecule has 0 radical (unpaired) electrons. The predicted octanol–water partition coefficient (Wildman–Crippen LogP) is 1.66. The quantitative estimate of drug-likeness (QED) is 0.124. The zero-order valence-electron chi connectivity index (χ0n) is 19.4. The Morgan fingerprint density at radius 2 is 1.92 bits per heavy atom. The van der Waals surface area contributed by atoms with Gasteiger partial charge in [-0.05, 0) is 54.8 Å². The molecule has 0 bridgehead atoms.